The van der Waals surface area contributed by atoms with Crippen molar-refractivity contribution in [3.8, 4) is 17.3 Å². The Morgan fingerprint density at radius 1 is 0.911 bits per heavy atom. The predicted octanol–water partition coefficient (Wildman–Crippen LogP) is 3.58. The van der Waals surface area contributed by atoms with Gasteiger partial charge in [0.1, 0.15) is 11.1 Å². The molecule has 0 radical (unpaired) electrons. The number of anilines is 3. The van der Waals surface area contributed by atoms with Gasteiger partial charge in [-0.2, -0.15) is 4.98 Å². The molecular weight excluding hydrogens is 566 g/mol. The van der Waals surface area contributed by atoms with E-state index in [9.17, 15) is 4.79 Å². The molecule has 7 rings (SSSR count). The van der Waals surface area contributed by atoms with Crippen LogP contribution in [0.2, 0.25) is 0 Å². The Hall–Kier alpha value is -4.94. The maximum Gasteiger partial charge on any atom is 0.278 e. The number of likely N-dealkylation sites (N-methyl/N-ethyl adjacent to an activating group) is 1. The van der Waals surface area contributed by atoms with Gasteiger partial charge in [-0.05, 0) is 62.4 Å². The molecule has 2 aliphatic heterocycles. The van der Waals surface area contributed by atoms with Crippen molar-refractivity contribution in [2.75, 3.05) is 56.5 Å². The summed E-state index contributed by atoms with van der Waals surface area (Å²) in [6, 6.07) is 16.4. The number of allylic oxidation sites excluding steroid dienone is 1. The highest BCUT2D eigenvalue weighted by molar-refractivity contribution is 5.77. The third kappa shape index (κ3) is 5.94. The average Bonchev–Trinajstić information content (AvgIpc) is 3.36. The van der Waals surface area contributed by atoms with Crippen LogP contribution in [0.3, 0.4) is 0 Å². The Labute approximate surface area is 261 Å². The molecule has 1 aromatic carbocycles. The minimum atomic E-state index is -0.222. The van der Waals surface area contributed by atoms with E-state index < -0.39 is 0 Å². The summed E-state index contributed by atoms with van der Waals surface area (Å²) in [5.41, 5.74) is 2.89. The van der Waals surface area contributed by atoms with E-state index in [0.717, 1.165) is 31.9 Å². The quantitative estimate of drug-likeness (QED) is 0.264. The van der Waals surface area contributed by atoms with Crippen LogP contribution in [0.4, 0.5) is 17.3 Å². The average molecular weight is 604 g/mol. The molecule has 2 saturated heterocycles. The molecule has 6 heterocycles. The molecule has 230 valence electrons. The zero-order valence-corrected chi connectivity index (χ0v) is 25.5. The molecule has 0 amide bonds. The second kappa shape index (κ2) is 12.6. The van der Waals surface area contributed by atoms with Crippen LogP contribution < -0.4 is 15.8 Å². The third-order valence-electron chi connectivity index (χ3n) is 8.73. The van der Waals surface area contributed by atoms with Crippen LogP contribution in [-0.4, -0.2) is 96.4 Å². The number of hydrogen-bond donors (Lipinski definition) is 1. The minimum Gasteiger partial charge on any atom is -0.371 e. The standard InChI is InChI=1S/C33H37N11O/c1-3-16-43-32(45)27-23-36-33(39-31(27)44(43)29-7-4-6-28(38-29)30-34-14-5-15-35-30)37-24-8-10-25(11-9-24)41-17-12-26(13-18-41)42-21-19-40(2)20-22-42/h3-11,14-15,23,26H,1,12-13,16-22H2,2H3,(H,36,37,39). The minimum absolute atomic E-state index is 0.222. The van der Waals surface area contributed by atoms with E-state index in [1.807, 2.05) is 18.2 Å². The van der Waals surface area contributed by atoms with Gasteiger partial charge in [0.05, 0.1) is 6.54 Å². The summed E-state index contributed by atoms with van der Waals surface area (Å²) >= 11 is 0. The SMILES string of the molecule is C=CCn1c(=O)c2cnc(Nc3ccc(N4CCC(N5CCN(C)CC5)CC4)cc3)nc2n1-c1cccc(-c2ncccn2)n1. The number of pyridine rings is 1. The van der Waals surface area contributed by atoms with Gasteiger partial charge in [0, 0.05) is 75.3 Å². The van der Waals surface area contributed by atoms with Crippen molar-refractivity contribution in [3.05, 3.63) is 90.1 Å². The number of nitrogens with zero attached hydrogens (tertiary/aromatic N) is 10. The van der Waals surface area contributed by atoms with Crippen LogP contribution in [0, 0.1) is 0 Å². The van der Waals surface area contributed by atoms with E-state index in [-0.39, 0.29) is 12.1 Å². The predicted molar refractivity (Wildman–Crippen MR) is 176 cm³/mol. The van der Waals surface area contributed by atoms with Crippen LogP contribution in [0.25, 0.3) is 28.4 Å². The highest BCUT2D eigenvalue weighted by atomic mass is 16.1. The van der Waals surface area contributed by atoms with Gasteiger partial charge < -0.3 is 15.1 Å². The fourth-order valence-corrected chi connectivity index (χ4v) is 6.27. The summed E-state index contributed by atoms with van der Waals surface area (Å²) in [5, 5.41) is 3.71. The van der Waals surface area contributed by atoms with Gasteiger partial charge in [0.15, 0.2) is 17.3 Å². The molecule has 0 aliphatic carbocycles. The lowest BCUT2D eigenvalue weighted by atomic mass is 10.0. The van der Waals surface area contributed by atoms with Crippen molar-refractivity contribution in [2.45, 2.75) is 25.4 Å². The Morgan fingerprint density at radius 2 is 1.67 bits per heavy atom. The Bertz CT molecular complexity index is 1830. The van der Waals surface area contributed by atoms with E-state index in [2.05, 4.69) is 72.9 Å². The zero-order chi connectivity index (χ0) is 30.8. The van der Waals surface area contributed by atoms with Crippen LogP contribution in [0.15, 0.2) is 84.6 Å². The number of piperazine rings is 1. The molecule has 5 aromatic rings. The first-order valence-corrected chi connectivity index (χ1v) is 15.5. The van der Waals surface area contributed by atoms with E-state index >= 15 is 0 Å². The van der Waals surface area contributed by atoms with Crippen molar-refractivity contribution in [1.29, 1.82) is 0 Å². The van der Waals surface area contributed by atoms with Gasteiger partial charge in [-0.1, -0.05) is 12.1 Å². The number of rotatable bonds is 8. The highest BCUT2D eigenvalue weighted by Crippen LogP contribution is 2.26. The van der Waals surface area contributed by atoms with Gasteiger partial charge in [-0.25, -0.2) is 29.3 Å². The van der Waals surface area contributed by atoms with E-state index in [1.165, 1.54) is 31.6 Å². The lowest BCUT2D eigenvalue weighted by Crippen LogP contribution is -2.52. The van der Waals surface area contributed by atoms with Crippen molar-refractivity contribution in [2.24, 2.45) is 0 Å². The molecule has 45 heavy (non-hydrogen) atoms. The van der Waals surface area contributed by atoms with Crippen molar-refractivity contribution in [1.82, 2.24) is 44.1 Å². The van der Waals surface area contributed by atoms with E-state index in [1.54, 1.807) is 40.1 Å². The van der Waals surface area contributed by atoms with E-state index in [4.69, 9.17) is 9.97 Å². The molecule has 0 atom stereocenters. The topological polar surface area (TPSA) is 113 Å². The summed E-state index contributed by atoms with van der Waals surface area (Å²) < 4.78 is 3.25. The molecular formula is C33H37N11O. The molecule has 0 unspecified atom stereocenters. The van der Waals surface area contributed by atoms with Gasteiger partial charge in [-0.3, -0.25) is 9.69 Å². The summed E-state index contributed by atoms with van der Waals surface area (Å²) in [6.07, 6.45) is 8.97. The third-order valence-corrected chi connectivity index (χ3v) is 8.73. The molecule has 1 N–H and O–H groups in total. The molecule has 12 nitrogen and oxygen atoms in total. The Balaban J connectivity index is 1.11. The highest BCUT2D eigenvalue weighted by Gasteiger charge is 2.27. The number of nitrogens with one attached hydrogen (secondary N) is 1. The van der Waals surface area contributed by atoms with Gasteiger partial charge in [0.2, 0.25) is 5.95 Å². The number of hydrogen-bond acceptors (Lipinski definition) is 10. The maximum absolute atomic E-state index is 13.4. The molecule has 0 saturated carbocycles. The van der Waals surface area contributed by atoms with Crippen molar-refractivity contribution >= 4 is 28.4 Å². The van der Waals surface area contributed by atoms with Crippen LogP contribution in [0.5, 0.6) is 0 Å². The zero-order valence-electron chi connectivity index (χ0n) is 25.5. The van der Waals surface area contributed by atoms with Crippen molar-refractivity contribution < 1.29 is 0 Å². The lowest BCUT2D eigenvalue weighted by molar-refractivity contribution is 0.0982. The first kappa shape index (κ1) is 28.8. The second-order valence-corrected chi connectivity index (χ2v) is 11.6. The molecule has 2 fully saturated rings. The van der Waals surface area contributed by atoms with Crippen LogP contribution in [-0.2, 0) is 6.54 Å². The van der Waals surface area contributed by atoms with Crippen LogP contribution >= 0.6 is 0 Å². The number of benzene rings is 1. The number of aromatic nitrogens is 7. The molecule has 4 aromatic heterocycles. The summed E-state index contributed by atoms with van der Waals surface area (Å²) in [6.45, 7) is 10.9. The molecule has 0 spiro atoms. The summed E-state index contributed by atoms with van der Waals surface area (Å²) in [7, 11) is 2.21. The number of fused-ring (bicyclic) bond motifs is 1. The molecule has 2 aliphatic rings. The normalized spacial score (nSPS) is 16.7. The Kier molecular flexibility index (Phi) is 8.05. The fraction of sp³-hybridized carbons (Fsp3) is 0.333. The van der Waals surface area contributed by atoms with Gasteiger partial charge in [-0.15, -0.1) is 6.58 Å². The fourth-order valence-electron chi connectivity index (χ4n) is 6.27. The maximum atomic E-state index is 13.4. The van der Waals surface area contributed by atoms with E-state index in [0.29, 0.717) is 40.4 Å². The monoisotopic (exact) mass is 603 g/mol. The molecule has 12 heteroatoms. The summed E-state index contributed by atoms with van der Waals surface area (Å²) in [5.74, 6) is 1.39. The second-order valence-electron chi connectivity index (χ2n) is 11.6. The molecule has 0 bridgehead atoms. The van der Waals surface area contributed by atoms with Crippen LogP contribution in [0.1, 0.15) is 12.8 Å². The summed E-state index contributed by atoms with van der Waals surface area (Å²) in [4.78, 5) is 43.6. The first-order chi connectivity index (χ1) is 22.1. The number of piperidine rings is 1. The Morgan fingerprint density at radius 3 is 2.40 bits per heavy atom. The lowest BCUT2D eigenvalue weighted by Gasteiger charge is -2.42. The van der Waals surface area contributed by atoms with Gasteiger partial charge in [0.25, 0.3) is 5.56 Å². The van der Waals surface area contributed by atoms with Gasteiger partial charge >= 0.3 is 0 Å². The first-order valence-electron chi connectivity index (χ1n) is 15.5. The smallest absolute Gasteiger partial charge is 0.278 e. The largest absolute Gasteiger partial charge is 0.371 e. The van der Waals surface area contributed by atoms with Crippen molar-refractivity contribution in [3.63, 3.8) is 0 Å².